The number of carbonyl (C=O) groups is 2. The van der Waals surface area contributed by atoms with E-state index in [-0.39, 0.29) is 18.1 Å². The largest absolute Gasteiger partial charge is 0.351 e. The standard InChI is InChI=1S/C21H20FN7O2/c1-11-6-12(2-5-16(11)22)9-23-20-27-18-14(7-13-8-17(30)26-19(13)31)10-24-29(18)21(28-20)25-15-3-4-15/h2,5-7,10,15H,3-4,8-9H2,1H3,(H,26,30,31)(H2,23,25,27,28)/b13-7+. The summed E-state index contributed by atoms with van der Waals surface area (Å²) in [7, 11) is 0. The van der Waals surface area contributed by atoms with Crippen LogP contribution in [0.15, 0.2) is 30.0 Å². The van der Waals surface area contributed by atoms with E-state index in [1.165, 1.54) is 6.07 Å². The molecule has 3 N–H and O–H groups in total. The third-order valence-corrected chi connectivity index (χ3v) is 5.20. The van der Waals surface area contributed by atoms with Gasteiger partial charge in [0.2, 0.25) is 17.8 Å². The lowest BCUT2D eigenvalue weighted by Crippen LogP contribution is -2.19. The second-order valence-corrected chi connectivity index (χ2v) is 7.79. The minimum Gasteiger partial charge on any atom is -0.351 e. The molecule has 1 aliphatic carbocycles. The molecule has 0 atom stereocenters. The van der Waals surface area contributed by atoms with Crippen molar-refractivity contribution >= 4 is 35.4 Å². The van der Waals surface area contributed by atoms with Crippen LogP contribution < -0.4 is 16.0 Å². The SMILES string of the molecule is Cc1cc(CNc2nc(NC3CC3)n3ncc(/C=C4\CC(=O)NC4=O)c3n2)ccc1F. The summed E-state index contributed by atoms with van der Waals surface area (Å²) in [6.45, 7) is 2.14. The first-order valence-corrected chi connectivity index (χ1v) is 10.0. The second kappa shape index (κ2) is 7.46. The highest BCUT2D eigenvalue weighted by Crippen LogP contribution is 2.26. The molecule has 3 aromatic rings. The van der Waals surface area contributed by atoms with Crippen molar-refractivity contribution in [3.8, 4) is 0 Å². The maximum Gasteiger partial charge on any atom is 0.254 e. The van der Waals surface area contributed by atoms with Gasteiger partial charge in [-0.3, -0.25) is 14.9 Å². The normalized spacial score (nSPS) is 17.4. The number of imide groups is 1. The summed E-state index contributed by atoms with van der Waals surface area (Å²) >= 11 is 0. The summed E-state index contributed by atoms with van der Waals surface area (Å²) in [4.78, 5) is 32.5. The quantitative estimate of drug-likeness (QED) is 0.413. The lowest BCUT2D eigenvalue weighted by Gasteiger charge is -2.11. The fraction of sp³-hybridized carbons (Fsp3) is 0.286. The molecule has 10 heteroatoms. The average Bonchev–Trinajstić information content (AvgIpc) is 3.37. The molecule has 3 heterocycles. The Hall–Kier alpha value is -3.82. The summed E-state index contributed by atoms with van der Waals surface area (Å²) in [6, 6.07) is 5.26. The van der Waals surface area contributed by atoms with E-state index in [4.69, 9.17) is 0 Å². The highest BCUT2D eigenvalue weighted by molar-refractivity contribution is 6.15. The lowest BCUT2D eigenvalue weighted by molar-refractivity contribution is -0.124. The first kappa shape index (κ1) is 19.2. The van der Waals surface area contributed by atoms with Crippen LogP contribution in [0.25, 0.3) is 11.7 Å². The Kier molecular flexibility index (Phi) is 4.61. The van der Waals surface area contributed by atoms with E-state index in [2.05, 4.69) is 31.0 Å². The Morgan fingerprint density at radius 3 is 2.84 bits per heavy atom. The molecule has 2 aliphatic rings. The van der Waals surface area contributed by atoms with Gasteiger partial charge in [0, 0.05) is 23.7 Å². The third kappa shape index (κ3) is 3.96. The Bertz CT molecular complexity index is 1250. The van der Waals surface area contributed by atoms with Gasteiger partial charge in [-0.05, 0) is 43.0 Å². The van der Waals surface area contributed by atoms with Crippen LogP contribution in [-0.4, -0.2) is 37.4 Å². The number of nitrogens with zero attached hydrogens (tertiary/aromatic N) is 4. The van der Waals surface area contributed by atoms with Gasteiger partial charge in [-0.1, -0.05) is 12.1 Å². The van der Waals surface area contributed by atoms with Crippen LogP contribution in [0.5, 0.6) is 0 Å². The van der Waals surface area contributed by atoms with E-state index in [1.54, 1.807) is 35.8 Å². The predicted molar refractivity (Wildman–Crippen MR) is 112 cm³/mol. The predicted octanol–water partition coefficient (Wildman–Crippen LogP) is 2.19. The van der Waals surface area contributed by atoms with Gasteiger partial charge in [0.15, 0.2) is 5.65 Å². The zero-order valence-corrected chi connectivity index (χ0v) is 16.8. The molecule has 1 saturated heterocycles. The van der Waals surface area contributed by atoms with E-state index < -0.39 is 5.91 Å². The van der Waals surface area contributed by atoms with Crippen molar-refractivity contribution < 1.29 is 14.0 Å². The van der Waals surface area contributed by atoms with Crippen LogP contribution in [0.4, 0.5) is 16.3 Å². The number of rotatable bonds is 6. The summed E-state index contributed by atoms with van der Waals surface area (Å²) in [5.41, 5.74) is 2.96. The van der Waals surface area contributed by atoms with Gasteiger partial charge in [0.1, 0.15) is 5.82 Å². The second-order valence-electron chi connectivity index (χ2n) is 7.79. The van der Waals surface area contributed by atoms with E-state index in [1.807, 2.05) is 0 Å². The monoisotopic (exact) mass is 421 g/mol. The number of halogens is 1. The molecule has 158 valence electrons. The Labute approximate surface area is 176 Å². The summed E-state index contributed by atoms with van der Waals surface area (Å²) in [6.07, 6.45) is 5.37. The number of nitrogens with one attached hydrogen (secondary N) is 3. The van der Waals surface area contributed by atoms with Gasteiger partial charge in [-0.15, -0.1) is 0 Å². The molecule has 2 fully saturated rings. The molecule has 0 bridgehead atoms. The number of benzene rings is 1. The summed E-state index contributed by atoms with van der Waals surface area (Å²) in [5.74, 6) is -0.0505. The summed E-state index contributed by atoms with van der Waals surface area (Å²) < 4.78 is 15.1. The van der Waals surface area contributed by atoms with Gasteiger partial charge in [-0.25, -0.2) is 4.39 Å². The number of carbonyl (C=O) groups excluding carboxylic acids is 2. The van der Waals surface area contributed by atoms with E-state index in [9.17, 15) is 14.0 Å². The number of aromatic nitrogens is 4. The van der Waals surface area contributed by atoms with Gasteiger partial charge in [0.25, 0.3) is 5.91 Å². The average molecular weight is 421 g/mol. The van der Waals surface area contributed by atoms with Crippen LogP contribution in [-0.2, 0) is 16.1 Å². The van der Waals surface area contributed by atoms with E-state index in [0.717, 1.165) is 18.4 Å². The number of aryl methyl sites for hydroxylation is 1. The first-order chi connectivity index (χ1) is 15.0. The van der Waals surface area contributed by atoms with Gasteiger partial charge in [0.05, 0.1) is 12.6 Å². The minimum atomic E-state index is -0.403. The maximum absolute atomic E-state index is 13.5. The zero-order chi connectivity index (χ0) is 21.5. The first-order valence-electron chi connectivity index (χ1n) is 10.0. The number of amides is 2. The zero-order valence-electron chi connectivity index (χ0n) is 16.8. The van der Waals surface area contributed by atoms with E-state index >= 15 is 0 Å². The van der Waals surface area contributed by atoms with Crippen molar-refractivity contribution in [2.45, 2.75) is 38.8 Å². The molecular formula is C21H20FN7O2. The van der Waals surface area contributed by atoms with Gasteiger partial charge in [-0.2, -0.15) is 19.6 Å². The van der Waals surface area contributed by atoms with E-state index in [0.29, 0.717) is 46.8 Å². The van der Waals surface area contributed by atoms with Crippen molar-refractivity contribution in [3.63, 3.8) is 0 Å². The molecule has 2 amide bonds. The molecule has 0 unspecified atom stereocenters. The van der Waals surface area contributed by atoms with Crippen LogP contribution in [0.1, 0.15) is 36.0 Å². The molecule has 31 heavy (non-hydrogen) atoms. The smallest absolute Gasteiger partial charge is 0.254 e. The highest BCUT2D eigenvalue weighted by Gasteiger charge is 2.26. The fourth-order valence-electron chi connectivity index (χ4n) is 3.39. The van der Waals surface area contributed by atoms with Crippen LogP contribution in [0.3, 0.4) is 0 Å². The lowest BCUT2D eigenvalue weighted by atomic mass is 10.1. The fourth-order valence-corrected chi connectivity index (χ4v) is 3.39. The molecular weight excluding hydrogens is 401 g/mol. The molecule has 5 rings (SSSR count). The van der Waals surface area contributed by atoms with Crippen LogP contribution >= 0.6 is 0 Å². The maximum atomic E-state index is 13.5. The van der Waals surface area contributed by atoms with Gasteiger partial charge < -0.3 is 10.6 Å². The minimum absolute atomic E-state index is 0.0312. The Morgan fingerprint density at radius 1 is 1.29 bits per heavy atom. The molecule has 1 aromatic carbocycles. The number of hydrogen-bond acceptors (Lipinski definition) is 7. The molecule has 0 spiro atoms. The number of anilines is 2. The van der Waals surface area contributed by atoms with Crippen molar-refractivity contribution in [1.29, 1.82) is 0 Å². The van der Waals surface area contributed by atoms with Crippen LogP contribution in [0.2, 0.25) is 0 Å². The molecule has 9 nitrogen and oxygen atoms in total. The number of fused-ring (bicyclic) bond motifs is 1. The van der Waals surface area contributed by atoms with Crippen molar-refractivity contribution in [3.05, 3.63) is 52.5 Å². The highest BCUT2D eigenvalue weighted by atomic mass is 19.1. The molecule has 1 aliphatic heterocycles. The van der Waals surface area contributed by atoms with Crippen LogP contribution in [0, 0.1) is 12.7 Å². The third-order valence-electron chi connectivity index (χ3n) is 5.20. The molecule has 2 aromatic heterocycles. The van der Waals surface area contributed by atoms with Gasteiger partial charge >= 0.3 is 0 Å². The molecule has 1 saturated carbocycles. The molecule has 0 radical (unpaired) electrons. The van der Waals surface area contributed by atoms with Crippen molar-refractivity contribution in [2.24, 2.45) is 0 Å². The van der Waals surface area contributed by atoms with Crippen molar-refractivity contribution in [2.75, 3.05) is 10.6 Å². The summed E-state index contributed by atoms with van der Waals surface area (Å²) in [5, 5.41) is 13.2. The Balaban J connectivity index is 1.48. The van der Waals surface area contributed by atoms with Crippen molar-refractivity contribution in [1.82, 2.24) is 24.9 Å². The topological polar surface area (TPSA) is 113 Å². The Morgan fingerprint density at radius 2 is 2.13 bits per heavy atom. The number of hydrogen-bond donors (Lipinski definition) is 3.